The molecule has 27 heavy (non-hydrogen) atoms. The molecule has 4 rings (SSSR count). The number of hydrazine groups is 1. The van der Waals surface area contributed by atoms with Crippen molar-refractivity contribution in [2.75, 3.05) is 6.61 Å². The van der Waals surface area contributed by atoms with Crippen molar-refractivity contribution >= 4 is 5.97 Å². The predicted octanol–water partition coefficient (Wildman–Crippen LogP) is 3.42. The Labute approximate surface area is 160 Å². The van der Waals surface area contributed by atoms with Gasteiger partial charge >= 0.3 is 5.97 Å². The van der Waals surface area contributed by atoms with E-state index < -0.39 is 0 Å². The first-order chi connectivity index (χ1) is 13.2. The van der Waals surface area contributed by atoms with E-state index in [0.717, 1.165) is 37.1 Å². The van der Waals surface area contributed by atoms with Crippen molar-refractivity contribution in [1.82, 2.24) is 15.2 Å². The van der Waals surface area contributed by atoms with Gasteiger partial charge in [-0.2, -0.15) is 5.10 Å². The molecule has 0 radical (unpaired) electrons. The summed E-state index contributed by atoms with van der Waals surface area (Å²) >= 11 is 0. The summed E-state index contributed by atoms with van der Waals surface area (Å²) in [6, 6.07) is 8.96. The van der Waals surface area contributed by atoms with Crippen molar-refractivity contribution in [3.63, 3.8) is 0 Å². The monoisotopic (exact) mass is 368 g/mol. The van der Waals surface area contributed by atoms with Crippen LogP contribution in [0.15, 0.2) is 30.5 Å². The van der Waals surface area contributed by atoms with Gasteiger partial charge in [-0.05, 0) is 62.6 Å². The second-order valence-electron chi connectivity index (χ2n) is 7.67. The minimum atomic E-state index is -0.272. The number of nitrogens with two attached hydrogens (primary N) is 1. The number of nitrogens with one attached hydrogen (secondary N) is 1. The Balaban J connectivity index is 1.65. The normalized spacial score (nSPS) is 22.6. The fourth-order valence-corrected chi connectivity index (χ4v) is 4.23. The summed E-state index contributed by atoms with van der Waals surface area (Å²) in [6.07, 6.45) is 8.43. The van der Waals surface area contributed by atoms with E-state index in [1.807, 2.05) is 11.6 Å². The molecule has 2 fully saturated rings. The first-order valence-electron chi connectivity index (χ1n) is 10.0. The molecule has 2 atom stereocenters. The summed E-state index contributed by atoms with van der Waals surface area (Å²) in [4.78, 5) is 12.3. The molecule has 2 aliphatic rings. The highest BCUT2D eigenvalue weighted by Crippen LogP contribution is 2.43. The standard InChI is InChI=1S/C21H28N4O2/c1-2-27-21(26)19-13-23-25(20(19)14-9-10-14)18-8-4-6-16(12-18)15-5-3-7-17(11-15)24-22/h4,6,8,12-15,17,24H,2-3,5,7,9-11,22H2,1H3. The average molecular weight is 368 g/mol. The first-order valence-corrected chi connectivity index (χ1v) is 10.0. The molecule has 2 aromatic rings. The number of carbonyl (C=O) groups is 1. The lowest BCUT2D eigenvalue weighted by Gasteiger charge is -2.29. The minimum Gasteiger partial charge on any atom is -0.462 e. The highest BCUT2D eigenvalue weighted by Gasteiger charge is 2.33. The molecule has 2 aliphatic carbocycles. The highest BCUT2D eigenvalue weighted by molar-refractivity contribution is 5.91. The first kappa shape index (κ1) is 18.2. The summed E-state index contributed by atoms with van der Waals surface area (Å²) in [5.74, 6) is 6.30. The van der Waals surface area contributed by atoms with Crippen molar-refractivity contribution in [2.45, 2.75) is 63.3 Å². The fraction of sp³-hybridized carbons (Fsp3) is 0.524. The van der Waals surface area contributed by atoms with E-state index in [9.17, 15) is 4.79 Å². The minimum absolute atomic E-state index is 0.272. The zero-order valence-corrected chi connectivity index (χ0v) is 15.9. The molecule has 0 saturated heterocycles. The molecule has 6 heteroatoms. The molecule has 0 bridgehead atoms. The van der Waals surface area contributed by atoms with Crippen LogP contribution in [0.1, 0.15) is 78.9 Å². The van der Waals surface area contributed by atoms with Crippen LogP contribution in [0.3, 0.4) is 0 Å². The number of esters is 1. The molecule has 1 heterocycles. The number of hydrogen-bond donors (Lipinski definition) is 2. The average Bonchev–Trinajstić information content (AvgIpc) is 3.46. The molecular formula is C21H28N4O2. The lowest BCUT2D eigenvalue weighted by molar-refractivity contribution is 0.0525. The van der Waals surface area contributed by atoms with Crippen molar-refractivity contribution in [2.24, 2.45) is 5.84 Å². The number of ether oxygens (including phenoxy) is 1. The third-order valence-electron chi connectivity index (χ3n) is 5.76. The molecular weight excluding hydrogens is 340 g/mol. The lowest BCUT2D eigenvalue weighted by Crippen LogP contribution is -2.38. The zero-order chi connectivity index (χ0) is 18.8. The van der Waals surface area contributed by atoms with Gasteiger partial charge in [-0.25, -0.2) is 9.48 Å². The maximum Gasteiger partial charge on any atom is 0.341 e. The Morgan fingerprint density at radius 2 is 2.15 bits per heavy atom. The van der Waals surface area contributed by atoms with E-state index in [4.69, 9.17) is 10.6 Å². The Morgan fingerprint density at radius 3 is 2.89 bits per heavy atom. The van der Waals surface area contributed by atoms with Gasteiger partial charge in [0, 0.05) is 12.0 Å². The van der Waals surface area contributed by atoms with Gasteiger partial charge < -0.3 is 4.74 Å². The summed E-state index contributed by atoms with van der Waals surface area (Å²) in [5, 5.41) is 4.55. The molecule has 2 unspecified atom stereocenters. The third kappa shape index (κ3) is 3.77. The van der Waals surface area contributed by atoms with Crippen LogP contribution in [0.2, 0.25) is 0 Å². The maximum atomic E-state index is 12.3. The van der Waals surface area contributed by atoms with Crippen molar-refractivity contribution in [1.29, 1.82) is 0 Å². The van der Waals surface area contributed by atoms with E-state index in [1.165, 1.54) is 18.4 Å². The second-order valence-corrected chi connectivity index (χ2v) is 7.67. The van der Waals surface area contributed by atoms with Crippen LogP contribution in [-0.2, 0) is 4.74 Å². The van der Waals surface area contributed by atoms with Gasteiger partial charge in [0.1, 0.15) is 5.56 Å². The van der Waals surface area contributed by atoms with E-state index in [1.54, 1.807) is 6.20 Å². The van der Waals surface area contributed by atoms with Crippen LogP contribution in [0.25, 0.3) is 5.69 Å². The SMILES string of the molecule is CCOC(=O)c1cnn(-c2cccc(C3CCCC(NN)C3)c2)c1C1CC1. The highest BCUT2D eigenvalue weighted by atomic mass is 16.5. The second kappa shape index (κ2) is 7.82. The molecule has 0 amide bonds. The Morgan fingerprint density at radius 1 is 1.30 bits per heavy atom. The quantitative estimate of drug-likeness (QED) is 0.464. The van der Waals surface area contributed by atoms with Gasteiger partial charge in [-0.15, -0.1) is 0 Å². The van der Waals surface area contributed by atoms with Crippen LogP contribution in [0, 0.1) is 0 Å². The summed E-state index contributed by atoms with van der Waals surface area (Å²) in [7, 11) is 0. The van der Waals surface area contributed by atoms with Crippen LogP contribution in [0.4, 0.5) is 0 Å². The number of hydrogen-bond acceptors (Lipinski definition) is 5. The van der Waals surface area contributed by atoms with Crippen molar-refractivity contribution in [3.8, 4) is 5.69 Å². The summed E-state index contributed by atoms with van der Waals surface area (Å²) in [5.41, 5.74) is 6.89. The van der Waals surface area contributed by atoms with Gasteiger partial charge in [0.15, 0.2) is 0 Å². The number of nitrogens with zero attached hydrogens (tertiary/aromatic N) is 2. The van der Waals surface area contributed by atoms with Gasteiger partial charge in [0.05, 0.1) is 24.2 Å². The lowest BCUT2D eigenvalue weighted by atomic mass is 9.81. The number of benzene rings is 1. The summed E-state index contributed by atoms with van der Waals surface area (Å²) in [6.45, 7) is 2.21. The van der Waals surface area contributed by atoms with Crippen molar-refractivity contribution < 1.29 is 9.53 Å². The van der Waals surface area contributed by atoms with Crippen LogP contribution in [-0.4, -0.2) is 28.4 Å². The number of carbonyl (C=O) groups excluding carboxylic acids is 1. The number of rotatable bonds is 6. The topological polar surface area (TPSA) is 82.2 Å². The van der Waals surface area contributed by atoms with Gasteiger partial charge in [-0.1, -0.05) is 18.6 Å². The predicted molar refractivity (Wildman–Crippen MR) is 104 cm³/mol. The third-order valence-corrected chi connectivity index (χ3v) is 5.76. The zero-order valence-electron chi connectivity index (χ0n) is 15.9. The summed E-state index contributed by atoms with van der Waals surface area (Å²) < 4.78 is 7.17. The Hall–Kier alpha value is -2.18. The molecule has 1 aromatic heterocycles. The van der Waals surface area contributed by atoms with Gasteiger partial charge in [-0.3, -0.25) is 11.3 Å². The molecule has 0 aliphatic heterocycles. The van der Waals surface area contributed by atoms with Gasteiger partial charge in [0.2, 0.25) is 0 Å². The smallest absolute Gasteiger partial charge is 0.341 e. The van der Waals surface area contributed by atoms with E-state index in [-0.39, 0.29) is 5.97 Å². The molecule has 1 aromatic carbocycles. The molecule has 144 valence electrons. The number of aromatic nitrogens is 2. The largest absolute Gasteiger partial charge is 0.462 e. The van der Waals surface area contributed by atoms with E-state index in [2.05, 4.69) is 34.8 Å². The van der Waals surface area contributed by atoms with Crippen LogP contribution in [0.5, 0.6) is 0 Å². The molecule has 3 N–H and O–H groups in total. The fourth-order valence-electron chi connectivity index (χ4n) is 4.23. The van der Waals surface area contributed by atoms with Gasteiger partial charge in [0.25, 0.3) is 0 Å². The van der Waals surface area contributed by atoms with Crippen molar-refractivity contribution in [3.05, 3.63) is 47.3 Å². The molecule has 6 nitrogen and oxygen atoms in total. The van der Waals surface area contributed by atoms with Crippen LogP contribution >= 0.6 is 0 Å². The maximum absolute atomic E-state index is 12.3. The molecule has 0 spiro atoms. The van der Waals surface area contributed by atoms with Crippen LogP contribution < -0.4 is 11.3 Å². The Kier molecular flexibility index (Phi) is 5.27. The van der Waals surface area contributed by atoms with E-state index >= 15 is 0 Å². The Bertz CT molecular complexity index is 812. The van der Waals surface area contributed by atoms with E-state index in [0.29, 0.717) is 30.0 Å². The molecule has 2 saturated carbocycles.